The van der Waals surface area contributed by atoms with Crippen molar-refractivity contribution in [3.63, 3.8) is 0 Å². The second-order valence-electron chi connectivity index (χ2n) is 6.44. The number of thioether (sulfide) groups is 1. The number of carbonyl (C=O) groups is 1. The predicted octanol–water partition coefficient (Wildman–Crippen LogP) is 4.31. The molecule has 1 fully saturated rings. The Morgan fingerprint density at radius 3 is 2.70 bits per heavy atom. The van der Waals surface area contributed by atoms with Gasteiger partial charge in [0, 0.05) is 0 Å². The van der Waals surface area contributed by atoms with Gasteiger partial charge >= 0.3 is 0 Å². The van der Waals surface area contributed by atoms with Crippen molar-refractivity contribution in [2.24, 2.45) is 10.2 Å². The number of rotatable bonds is 4. The van der Waals surface area contributed by atoms with E-state index in [4.69, 9.17) is 0 Å². The third kappa shape index (κ3) is 3.93. The second-order valence-corrected chi connectivity index (χ2v) is 7.64. The molecule has 1 aliphatic heterocycles. The molecule has 0 radical (unpaired) electrons. The van der Waals surface area contributed by atoms with Crippen LogP contribution in [0.15, 0.2) is 76.9 Å². The van der Waals surface area contributed by atoms with Crippen LogP contribution in [0.2, 0.25) is 0 Å². The minimum Gasteiger partial charge on any atom is -0.303 e. The topological polar surface area (TPSA) is 53.8 Å². The monoisotopic (exact) mass is 373 g/mol. The lowest BCUT2D eigenvalue weighted by Gasteiger charge is -2.09. The molecule has 0 saturated carbocycles. The Hall–Kier alpha value is -2.92. The molecule has 4 nitrogen and oxygen atoms in total. The maximum atomic E-state index is 12.3. The number of hydrogen-bond donors (Lipinski definition) is 1. The average Bonchev–Trinajstić information content (AvgIpc) is 3.03. The van der Waals surface area contributed by atoms with Crippen molar-refractivity contribution in [2.45, 2.75) is 18.6 Å². The van der Waals surface area contributed by atoms with Crippen molar-refractivity contribution in [2.75, 3.05) is 0 Å². The average molecular weight is 373 g/mol. The number of benzene rings is 3. The van der Waals surface area contributed by atoms with Crippen molar-refractivity contribution in [1.29, 1.82) is 0 Å². The van der Waals surface area contributed by atoms with Crippen molar-refractivity contribution in [3.05, 3.63) is 83.4 Å². The van der Waals surface area contributed by atoms with E-state index in [0.29, 0.717) is 11.6 Å². The first-order valence-electron chi connectivity index (χ1n) is 8.81. The van der Waals surface area contributed by atoms with E-state index >= 15 is 0 Å². The van der Waals surface area contributed by atoms with Crippen LogP contribution < -0.4 is 5.32 Å². The van der Waals surface area contributed by atoms with E-state index in [1.54, 1.807) is 6.21 Å². The van der Waals surface area contributed by atoms with Gasteiger partial charge in [-0.15, -0.1) is 5.10 Å². The lowest BCUT2D eigenvalue weighted by Crippen LogP contribution is -2.26. The van der Waals surface area contributed by atoms with E-state index in [1.165, 1.54) is 28.1 Å². The summed E-state index contributed by atoms with van der Waals surface area (Å²) in [6.07, 6.45) is 2.38. The summed E-state index contributed by atoms with van der Waals surface area (Å²) in [5, 5.41) is 13.9. The van der Waals surface area contributed by atoms with Crippen LogP contribution >= 0.6 is 11.8 Å². The summed E-state index contributed by atoms with van der Waals surface area (Å²) in [5.74, 6) is -0.0159. The second kappa shape index (κ2) is 7.76. The minimum atomic E-state index is -0.191. The molecule has 1 unspecified atom stereocenters. The van der Waals surface area contributed by atoms with Crippen molar-refractivity contribution in [3.8, 4) is 0 Å². The van der Waals surface area contributed by atoms with Crippen LogP contribution in [0.1, 0.15) is 16.7 Å². The van der Waals surface area contributed by atoms with Crippen molar-refractivity contribution in [1.82, 2.24) is 5.32 Å². The van der Waals surface area contributed by atoms with Gasteiger partial charge in [-0.3, -0.25) is 4.79 Å². The van der Waals surface area contributed by atoms with Gasteiger partial charge in [0.05, 0.1) is 11.5 Å². The number of nitrogens with one attached hydrogen (secondary N) is 1. The summed E-state index contributed by atoms with van der Waals surface area (Å²) in [4.78, 5) is 12.3. The Kier molecular flexibility index (Phi) is 5.03. The third-order valence-electron chi connectivity index (χ3n) is 4.60. The number of hydrogen-bond acceptors (Lipinski definition) is 4. The Morgan fingerprint density at radius 2 is 1.81 bits per heavy atom. The first kappa shape index (κ1) is 17.5. The van der Waals surface area contributed by atoms with Crippen LogP contribution in [0, 0.1) is 6.92 Å². The van der Waals surface area contributed by atoms with Gasteiger partial charge in [0.15, 0.2) is 5.17 Å². The number of aryl methyl sites for hydroxylation is 1. The summed E-state index contributed by atoms with van der Waals surface area (Å²) in [5.41, 5.74) is 3.33. The van der Waals surface area contributed by atoms with Crippen LogP contribution in [0.25, 0.3) is 10.8 Å². The number of nitrogens with zero attached hydrogens (tertiary/aromatic N) is 2. The first-order valence-corrected chi connectivity index (χ1v) is 9.69. The summed E-state index contributed by atoms with van der Waals surface area (Å²) in [6, 6.07) is 22.4. The van der Waals surface area contributed by atoms with Gasteiger partial charge in [-0.1, -0.05) is 78.5 Å². The smallest absolute Gasteiger partial charge is 0.239 e. The minimum absolute atomic E-state index is 0.0159. The van der Waals surface area contributed by atoms with Crippen LogP contribution in [-0.2, 0) is 11.2 Å². The van der Waals surface area contributed by atoms with E-state index in [9.17, 15) is 4.79 Å². The molecule has 1 saturated heterocycles. The largest absolute Gasteiger partial charge is 0.303 e. The van der Waals surface area contributed by atoms with Gasteiger partial charge in [-0.25, -0.2) is 0 Å². The molecular weight excluding hydrogens is 354 g/mol. The van der Waals surface area contributed by atoms with E-state index in [-0.39, 0.29) is 11.2 Å². The Labute approximate surface area is 162 Å². The summed E-state index contributed by atoms with van der Waals surface area (Å²) >= 11 is 1.44. The molecule has 4 rings (SSSR count). The molecule has 27 heavy (non-hydrogen) atoms. The standard InChI is InChI=1S/C22H19N3OS/c1-15-7-2-3-9-18(15)14-23-25-22-24-21(26)20(27-22)13-17-11-6-10-16-8-4-5-12-19(16)17/h2-12,14,20H,13H2,1H3,(H,24,25,26)/b23-14+. The predicted molar refractivity (Wildman–Crippen MR) is 113 cm³/mol. The normalized spacial score (nSPS) is 18.5. The summed E-state index contributed by atoms with van der Waals surface area (Å²) in [7, 11) is 0. The van der Waals surface area contributed by atoms with E-state index in [2.05, 4.69) is 39.8 Å². The zero-order valence-corrected chi connectivity index (χ0v) is 15.7. The van der Waals surface area contributed by atoms with Crippen molar-refractivity contribution >= 4 is 39.8 Å². The number of fused-ring (bicyclic) bond motifs is 1. The SMILES string of the molecule is Cc1ccccc1/C=N/N=C1\NC(=O)C(Cc2cccc3ccccc23)S1. The van der Waals surface area contributed by atoms with Gasteiger partial charge in [0.2, 0.25) is 5.91 Å². The molecule has 1 atom stereocenters. The molecule has 0 aliphatic carbocycles. The zero-order chi connectivity index (χ0) is 18.6. The van der Waals surface area contributed by atoms with Crippen LogP contribution in [0.3, 0.4) is 0 Å². The fourth-order valence-electron chi connectivity index (χ4n) is 3.13. The van der Waals surface area contributed by atoms with Gasteiger partial charge in [0.25, 0.3) is 0 Å². The molecule has 0 bridgehead atoms. The van der Waals surface area contributed by atoms with E-state index in [0.717, 1.165) is 11.1 Å². The van der Waals surface area contributed by atoms with Gasteiger partial charge in [-0.2, -0.15) is 5.10 Å². The fraction of sp³-hybridized carbons (Fsp3) is 0.136. The highest BCUT2D eigenvalue weighted by Crippen LogP contribution is 2.27. The summed E-state index contributed by atoms with van der Waals surface area (Å²) < 4.78 is 0. The maximum Gasteiger partial charge on any atom is 0.239 e. The molecule has 0 spiro atoms. The van der Waals surface area contributed by atoms with E-state index in [1.807, 2.05) is 49.4 Å². The molecular formula is C22H19N3OS. The first-order chi connectivity index (χ1) is 13.2. The van der Waals surface area contributed by atoms with E-state index < -0.39 is 0 Å². The molecule has 1 heterocycles. The maximum absolute atomic E-state index is 12.3. The van der Waals surface area contributed by atoms with Gasteiger partial charge in [0.1, 0.15) is 0 Å². The van der Waals surface area contributed by atoms with Crippen LogP contribution in [0.4, 0.5) is 0 Å². The molecule has 3 aromatic carbocycles. The zero-order valence-electron chi connectivity index (χ0n) is 14.9. The molecule has 0 aromatic heterocycles. The molecule has 5 heteroatoms. The molecule has 1 N–H and O–H groups in total. The van der Waals surface area contributed by atoms with Crippen LogP contribution in [-0.4, -0.2) is 22.5 Å². The Bertz CT molecular complexity index is 1050. The highest BCUT2D eigenvalue weighted by atomic mass is 32.2. The number of amidine groups is 1. The Morgan fingerprint density at radius 1 is 1.04 bits per heavy atom. The summed E-state index contributed by atoms with van der Waals surface area (Å²) in [6.45, 7) is 2.03. The molecule has 1 amide bonds. The highest BCUT2D eigenvalue weighted by Gasteiger charge is 2.30. The third-order valence-corrected chi connectivity index (χ3v) is 5.67. The lowest BCUT2D eigenvalue weighted by atomic mass is 10.0. The highest BCUT2D eigenvalue weighted by molar-refractivity contribution is 8.15. The van der Waals surface area contributed by atoms with Crippen LogP contribution in [0.5, 0.6) is 0 Å². The van der Waals surface area contributed by atoms with Gasteiger partial charge < -0.3 is 5.32 Å². The van der Waals surface area contributed by atoms with Crippen molar-refractivity contribution < 1.29 is 4.79 Å². The fourth-order valence-corrected chi connectivity index (χ4v) is 4.08. The lowest BCUT2D eigenvalue weighted by molar-refractivity contribution is -0.118. The molecule has 3 aromatic rings. The molecule has 1 aliphatic rings. The quantitative estimate of drug-likeness (QED) is 0.547. The molecule has 134 valence electrons. The Balaban J connectivity index is 1.48. The number of carbonyl (C=O) groups excluding carboxylic acids is 1. The number of amides is 1. The van der Waals surface area contributed by atoms with Gasteiger partial charge in [-0.05, 0) is 40.8 Å².